The maximum Gasteiger partial charge on any atom is 0.0851 e. The van der Waals surface area contributed by atoms with Gasteiger partial charge in [0.15, 0.2) is 0 Å². The molecule has 0 bridgehead atoms. The predicted octanol–water partition coefficient (Wildman–Crippen LogP) is 8.15. The van der Waals surface area contributed by atoms with Crippen LogP contribution in [0.3, 0.4) is 0 Å². The third-order valence-electron chi connectivity index (χ3n) is 4.72. The van der Waals surface area contributed by atoms with E-state index in [9.17, 15) is 0 Å². The monoisotopic (exact) mass is 404 g/mol. The SMILES string of the molecule is C=C/C(C=C(C)C)=C/C=C/c1nc(CCCCC)cnc1C/C=C\C(=C/CC)CC. The minimum Gasteiger partial charge on any atom is -0.257 e. The van der Waals surface area contributed by atoms with Crippen LogP contribution in [0.25, 0.3) is 6.08 Å². The second kappa shape index (κ2) is 15.4. The summed E-state index contributed by atoms with van der Waals surface area (Å²) in [5.74, 6) is 0. The largest absolute Gasteiger partial charge is 0.257 e. The maximum absolute atomic E-state index is 4.91. The Bertz CT molecular complexity index is 800. The number of nitrogens with zero attached hydrogens (tertiary/aromatic N) is 2. The number of allylic oxidation sites excluding steroid dienone is 10. The summed E-state index contributed by atoms with van der Waals surface area (Å²) in [6, 6.07) is 0. The Hall–Kier alpha value is -2.48. The molecule has 0 aliphatic carbocycles. The van der Waals surface area contributed by atoms with E-state index in [1.807, 2.05) is 12.3 Å². The van der Waals surface area contributed by atoms with Gasteiger partial charge in [0.2, 0.25) is 0 Å². The van der Waals surface area contributed by atoms with Gasteiger partial charge in [0, 0.05) is 12.6 Å². The molecule has 0 unspecified atom stereocenters. The Kier molecular flexibility index (Phi) is 13.1. The van der Waals surface area contributed by atoms with E-state index in [1.54, 1.807) is 0 Å². The molecule has 0 radical (unpaired) electrons. The minimum atomic E-state index is 0.787. The second-order valence-electron chi connectivity index (χ2n) is 7.75. The van der Waals surface area contributed by atoms with E-state index in [0.717, 1.165) is 54.8 Å². The molecule has 0 aliphatic heterocycles. The normalized spacial score (nSPS) is 12.7. The van der Waals surface area contributed by atoms with Crippen molar-refractivity contribution in [2.24, 2.45) is 0 Å². The fourth-order valence-electron chi connectivity index (χ4n) is 3.11. The topological polar surface area (TPSA) is 25.8 Å². The summed E-state index contributed by atoms with van der Waals surface area (Å²) in [6.45, 7) is 14.7. The number of aromatic nitrogens is 2. The summed E-state index contributed by atoms with van der Waals surface area (Å²) in [5, 5.41) is 0. The molecule has 0 atom stereocenters. The molecule has 0 amide bonds. The molecular formula is C28H40N2. The molecule has 1 aromatic rings. The van der Waals surface area contributed by atoms with E-state index in [4.69, 9.17) is 9.97 Å². The number of hydrogen-bond acceptors (Lipinski definition) is 2. The van der Waals surface area contributed by atoms with Gasteiger partial charge in [-0.2, -0.15) is 0 Å². The van der Waals surface area contributed by atoms with E-state index in [1.165, 1.54) is 24.0 Å². The highest BCUT2D eigenvalue weighted by atomic mass is 14.8. The number of hydrogen-bond donors (Lipinski definition) is 0. The average molecular weight is 405 g/mol. The molecule has 0 fully saturated rings. The van der Waals surface area contributed by atoms with Crippen molar-refractivity contribution >= 4 is 6.08 Å². The van der Waals surface area contributed by atoms with Gasteiger partial charge in [-0.25, -0.2) is 4.98 Å². The minimum absolute atomic E-state index is 0.787. The van der Waals surface area contributed by atoms with Crippen LogP contribution in [-0.4, -0.2) is 9.97 Å². The molecule has 1 aromatic heterocycles. The van der Waals surface area contributed by atoms with Crippen molar-refractivity contribution in [1.29, 1.82) is 0 Å². The summed E-state index contributed by atoms with van der Waals surface area (Å²) in [5.41, 5.74) is 6.78. The molecule has 0 N–H and O–H groups in total. The molecule has 2 nitrogen and oxygen atoms in total. The maximum atomic E-state index is 4.91. The number of unbranched alkanes of at least 4 members (excludes halogenated alkanes) is 2. The van der Waals surface area contributed by atoms with E-state index >= 15 is 0 Å². The summed E-state index contributed by atoms with van der Waals surface area (Å²) in [6.07, 6.45) is 26.4. The molecule has 0 spiro atoms. The fourth-order valence-corrected chi connectivity index (χ4v) is 3.11. The lowest BCUT2D eigenvalue weighted by atomic mass is 10.1. The smallest absolute Gasteiger partial charge is 0.0851 e. The molecule has 0 aliphatic rings. The van der Waals surface area contributed by atoms with E-state index < -0.39 is 0 Å². The zero-order valence-electron chi connectivity index (χ0n) is 19.7. The standard InChI is InChI=1S/C28H40N2/c1-7-11-12-18-26-22-29-27(19-13-16-24(9-3)15-8-2)28(30-26)20-14-17-25(10-4)21-23(5)6/h10,13-17,20-22H,4,7-9,11-12,18-19H2,1-3,5-6H3/b16-13-,20-14+,24-15-,25-17-. The van der Waals surface area contributed by atoms with E-state index in [-0.39, 0.29) is 0 Å². The number of aryl methyl sites for hydroxylation is 1. The molecule has 2 heteroatoms. The van der Waals surface area contributed by atoms with Gasteiger partial charge in [-0.15, -0.1) is 0 Å². The first-order valence-electron chi connectivity index (χ1n) is 11.4. The van der Waals surface area contributed by atoms with Crippen LogP contribution in [-0.2, 0) is 12.8 Å². The summed E-state index contributed by atoms with van der Waals surface area (Å²) < 4.78 is 0. The van der Waals surface area contributed by atoms with Crippen LogP contribution >= 0.6 is 0 Å². The predicted molar refractivity (Wildman–Crippen MR) is 134 cm³/mol. The lowest BCUT2D eigenvalue weighted by Gasteiger charge is -2.06. The highest BCUT2D eigenvalue weighted by molar-refractivity contribution is 5.51. The molecule has 1 heterocycles. The van der Waals surface area contributed by atoms with Gasteiger partial charge in [-0.1, -0.05) is 93.9 Å². The molecule has 30 heavy (non-hydrogen) atoms. The molecule has 1 rings (SSSR count). The summed E-state index contributed by atoms with van der Waals surface area (Å²) in [4.78, 5) is 9.67. The summed E-state index contributed by atoms with van der Waals surface area (Å²) in [7, 11) is 0. The Morgan fingerprint density at radius 3 is 2.57 bits per heavy atom. The Labute approximate surface area is 184 Å². The summed E-state index contributed by atoms with van der Waals surface area (Å²) >= 11 is 0. The van der Waals surface area contributed by atoms with Gasteiger partial charge in [-0.3, -0.25) is 4.98 Å². The molecular weight excluding hydrogens is 364 g/mol. The Morgan fingerprint density at radius 1 is 1.13 bits per heavy atom. The first-order valence-corrected chi connectivity index (χ1v) is 11.4. The van der Waals surface area contributed by atoms with Crippen LogP contribution in [0.5, 0.6) is 0 Å². The van der Waals surface area contributed by atoms with Gasteiger partial charge in [-0.05, 0) is 51.2 Å². The van der Waals surface area contributed by atoms with Gasteiger partial charge in [0.25, 0.3) is 0 Å². The van der Waals surface area contributed by atoms with Gasteiger partial charge >= 0.3 is 0 Å². The van der Waals surface area contributed by atoms with Crippen LogP contribution in [0.1, 0.15) is 83.8 Å². The van der Waals surface area contributed by atoms with Crippen molar-refractivity contribution < 1.29 is 0 Å². The Morgan fingerprint density at radius 2 is 1.93 bits per heavy atom. The van der Waals surface area contributed by atoms with Gasteiger partial charge in [0.1, 0.15) is 0 Å². The van der Waals surface area contributed by atoms with Gasteiger partial charge < -0.3 is 0 Å². The lowest BCUT2D eigenvalue weighted by Crippen LogP contribution is -2.01. The van der Waals surface area contributed by atoms with Gasteiger partial charge in [0.05, 0.1) is 17.1 Å². The lowest BCUT2D eigenvalue weighted by molar-refractivity contribution is 0.703. The third-order valence-corrected chi connectivity index (χ3v) is 4.72. The van der Waals surface area contributed by atoms with Crippen molar-refractivity contribution in [1.82, 2.24) is 9.97 Å². The number of rotatable bonds is 13. The van der Waals surface area contributed by atoms with Crippen LogP contribution < -0.4 is 0 Å². The first kappa shape index (κ1) is 25.6. The average Bonchev–Trinajstić information content (AvgIpc) is 2.73. The molecule has 0 saturated heterocycles. The van der Waals surface area contributed by atoms with Crippen LogP contribution in [0.15, 0.2) is 72.0 Å². The molecule has 0 aromatic carbocycles. The molecule has 0 saturated carbocycles. The van der Waals surface area contributed by atoms with Crippen molar-refractivity contribution in [3.63, 3.8) is 0 Å². The van der Waals surface area contributed by atoms with Crippen molar-refractivity contribution in [3.05, 3.63) is 89.1 Å². The third kappa shape index (κ3) is 10.3. The highest BCUT2D eigenvalue weighted by Crippen LogP contribution is 2.13. The van der Waals surface area contributed by atoms with Crippen LogP contribution in [0, 0.1) is 0 Å². The quantitative estimate of drug-likeness (QED) is 0.245. The zero-order valence-corrected chi connectivity index (χ0v) is 19.7. The second-order valence-corrected chi connectivity index (χ2v) is 7.75. The van der Waals surface area contributed by atoms with E-state index in [0.29, 0.717) is 0 Å². The highest BCUT2D eigenvalue weighted by Gasteiger charge is 2.04. The fraction of sp³-hybridized carbons (Fsp3) is 0.429. The molecule has 162 valence electrons. The van der Waals surface area contributed by atoms with Crippen molar-refractivity contribution in [3.8, 4) is 0 Å². The first-order chi connectivity index (χ1) is 14.5. The van der Waals surface area contributed by atoms with Crippen molar-refractivity contribution in [2.45, 2.75) is 79.6 Å². The van der Waals surface area contributed by atoms with E-state index in [2.05, 4.69) is 83.7 Å². The van der Waals surface area contributed by atoms with Crippen LogP contribution in [0.4, 0.5) is 0 Å². The Balaban J connectivity index is 3.11. The zero-order chi connectivity index (χ0) is 22.2. The van der Waals surface area contributed by atoms with Crippen LogP contribution in [0.2, 0.25) is 0 Å². The van der Waals surface area contributed by atoms with Crippen molar-refractivity contribution in [2.75, 3.05) is 0 Å².